The summed E-state index contributed by atoms with van der Waals surface area (Å²) in [6.07, 6.45) is 3.23. The van der Waals surface area contributed by atoms with Crippen LogP contribution in [0.3, 0.4) is 0 Å². The number of aromatic nitrogens is 4. The van der Waals surface area contributed by atoms with E-state index < -0.39 is 0 Å². The van der Waals surface area contributed by atoms with Gasteiger partial charge < -0.3 is 10.1 Å². The summed E-state index contributed by atoms with van der Waals surface area (Å²) in [5, 5.41) is 20.1. The van der Waals surface area contributed by atoms with Crippen molar-refractivity contribution in [2.45, 2.75) is 6.92 Å². The maximum Gasteiger partial charge on any atom is 0.165 e. The summed E-state index contributed by atoms with van der Waals surface area (Å²) in [5.74, 6) is 1.92. The lowest BCUT2D eigenvalue weighted by molar-refractivity contribution is 0.488. The van der Waals surface area contributed by atoms with Crippen LogP contribution in [0.4, 0.5) is 11.5 Å². The quantitative estimate of drug-likeness (QED) is 0.580. The molecule has 0 bridgehead atoms. The van der Waals surface area contributed by atoms with Crippen molar-refractivity contribution in [1.29, 1.82) is 5.26 Å². The number of ether oxygens (including phenoxy) is 1. The first-order chi connectivity index (χ1) is 12.7. The molecule has 0 radical (unpaired) electrons. The highest BCUT2D eigenvalue weighted by Gasteiger charge is 2.14. The van der Waals surface area contributed by atoms with E-state index in [9.17, 15) is 0 Å². The highest BCUT2D eigenvalue weighted by molar-refractivity contribution is 5.94. The Hall–Kier alpha value is -3.92. The van der Waals surface area contributed by atoms with Gasteiger partial charge in [0.1, 0.15) is 28.6 Å². The predicted molar refractivity (Wildman–Crippen MR) is 97.4 cm³/mol. The third kappa shape index (κ3) is 3.03. The first-order valence-corrected chi connectivity index (χ1v) is 7.94. The zero-order chi connectivity index (χ0) is 17.9. The van der Waals surface area contributed by atoms with E-state index >= 15 is 0 Å². The molecule has 2 N–H and O–H groups in total. The largest absolute Gasteiger partial charge is 0.456 e. The van der Waals surface area contributed by atoms with Gasteiger partial charge in [-0.15, -0.1) is 0 Å². The normalized spacial score (nSPS) is 10.5. The van der Waals surface area contributed by atoms with Crippen molar-refractivity contribution in [3.05, 3.63) is 66.1 Å². The SMILES string of the molecule is Cc1ccc(Oc2ccnc3[nH]nc(Nc4ccnc(C#N)c4)c23)cc1. The molecular weight excluding hydrogens is 328 g/mol. The molecule has 26 heavy (non-hydrogen) atoms. The molecule has 3 aromatic heterocycles. The number of H-pyrrole nitrogens is 1. The average molecular weight is 342 g/mol. The zero-order valence-corrected chi connectivity index (χ0v) is 13.9. The average Bonchev–Trinajstić information content (AvgIpc) is 3.08. The maximum atomic E-state index is 9.00. The minimum atomic E-state index is 0.323. The Bertz CT molecular complexity index is 1110. The number of hydrogen-bond donors (Lipinski definition) is 2. The first kappa shape index (κ1) is 15.6. The Balaban J connectivity index is 1.72. The molecule has 0 aliphatic heterocycles. The number of fused-ring (bicyclic) bond motifs is 1. The minimum Gasteiger partial charge on any atom is -0.456 e. The highest BCUT2D eigenvalue weighted by atomic mass is 16.5. The zero-order valence-electron chi connectivity index (χ0n) is 13.9. The number of anilines is 2. The van der Waals surface area contributed by atoms with Gasteiger partial charge in [0.15, 0.2) is 11.5 Å². The fraction of sp³-hybridized carbons (Fsp3) is 0.0526. The molecule has 1 aromatic carbocycles. The molecule has 4 aromatic rings. The van der Waals surface area contributed by atoms with Crippen LogP contribution in [0.5, 0.6) is 11.5 Å². The molecule has 0 saturated carbocycles. The van der Waals surface area contributed by atoms with Crippen LogP contribution in [-0.2, 0) is 0 Å². The van der Waals surface area contributed by atoms with Crippen LogP contribution in [0.1, 0.15) is 11.3 Å². The van der Waals surface area contributed by atoms with E-state index in [0.717, 1.165) is 16.7 Å². The molecule has 0 spiro atoms. The van der Waals surface area contributed by atoms with Gasteiger partial charge in [-0.1, -0.05) is 17.7 Å². The molecule has 0 aliphatic carbocycles. The molecule has 0 fully saturated rings. The lowest BCUT2D eigenvalue weighted by Gasteiger charge is -2.09. The van der Waals surface area contributed by atoms with Gasteiger partial charge in [-0.2, -0.15) is 10.4 Å². The third-order valence-corrected chi connectivity index (χ3v) is 3.81. The second-order valence-electron chi connectivity index (χ2n) is 5.69. The van der Waals surface area contributed by atoms with E-state index in [1.807, 2.05) is 37.3 Å². The summed E-state index contributed by atoms with van der Waals surface area (Å²) in [6.45, 7) is 2.02. The van der Waals surface area contributed by atoms with E-state index in [4.69, 9.17) is 10.00 Å². The highest BCUT2D eigenvalue weighted by Crippen LogP contribution is 2.34. The van der Waals surface area contributed by atoms with Crippen molar-refractivity contribution >= 4 is 22.5 Å². The number of pyridine rings is 2. The Labute approximate surface area is 149 Å². The van der Waals surface area contributed by atoms with Crippen molar-refractivity contribution in [3.63, 3.8) is 0 Å². The molecule has 0 atom stereocenters. The number of nitrogens with zero attached hydrogens (tertiary/aromatic N) is 4. The fourth-order valence-corrected chi connectivity index (χ4v) is 2.54. The number of aromatic amines is 1. The summed E-state index contributed by atoms with van der Waals surface area (Å²) >= 11 is 0. The van der Waals surface area contributed by atoms with E-state index in [1.54, 1.807) is 30.6 Å². The lowest BCUT2D eigenvalue weighted by Crippen LogP contribution is -1.94. The van der Waals surface area contributed by atoms with Gasteiger partial charge in [0.2, 0.25) is 0 Å². The number of hydrogen-bond acceptors (Lipinski definition) is 6. The van der Waals surface area contributed by atoms with Crippen molar-refractivity contribution in [2.75, 3.05) is 5.32 Å². The van der Waals surface area contributed by atoms with Gasteiger partial charge in [-0.3, -0.25) is 5.10 Å². The van der Waals surface area contributed by atoms with Crippen LogP contribution >= 0.6 is 0 Å². The summed E-state index contributed by atoms with van der Waals surface area (Å²) in [4.78, 5) is 8.25. The smallest absolute Gasteiger partial charge is 0.165 e. The number of benzene rings is 1. The van der Waals surface area contributed by atoms with Gasteiger partial charge in [0.25, 0.3) is 0 Å². The van der Waals surface area contributed by atoms with Crippen molar-refractivity contribution in [2.24, 2.45) is 0 Å². The van der Waals surface area contributed by atoms with Gasteiger partial charge in [-0.05, 0) is 31.2 Å². The Kier molecular flexibility index (Phi) is 3.92. The van der Waals surface area contributed by atoms with Crippen LogP contribution in [0.25, 0.3) is 11.0 Å². The van der Waals surface area contributed by atoms with Gasteiger partial charge >= 0.3 is 0 Å². The first-order valence-electron chi connectivity index (χ1n) is 7.94. The predicted octanol–water partition coefficient (Wildman–Crippen LogP) is 4.07. The standard InChI is InChI=1S/C19H14N6O/c1-12-2-4-15(5-3-12)26-16-7-9-22-18-17(16)19(25-24-18)23-13-6-8-21-14(10-13)11-20/h2-10H,1H3,(H2,21,22,23,24,25). The molecule has 0 saturated heterocycles. The molecule has 0 unspecified atom stereocenters. The third-order valence-electron chi connectivity index (χ3n) is 3.81. The molecule has 3 heterocycles. The second kappa shape index (κ2) is 6.53. The molecule has 7 heteroatoms. The topological polar surface area (TPSA) is 99.5 Å². The molecule has 0 aliphatic rings. The summed E-state index contributed by atoms with van der Waals surface area (Å²) in [5.41, 5.74) is 2.79. The fourth-order valence-electron chi connectivity index (χ4n) is 2.54. The number of nitrogens with one attached hydrogen (secondary N) is 2. The molecule has 4 rings (SSSR count). The molecule has 7 nitrogen and oxygen atoms in total. The second-order valence-corrected chi connectivity index (χ2v) is 5.69. The summed E-state index contributed by atoms with van der Waals surface area (Å²) in [7, 11) is 0. The summed E-state index contributed by atoms with van der Waals surface area (Å²) in [6, 6.07) is 15.0. The number of rotatable bonds is 4. The summed E-state index contributed by atoms with van der Waals surface area (Å²) < 4.78 is 6.02. The Morgan fingerprint density at radius 1 is 1.08 bits per heavy atom. The Morgan fingerprint density at radius 3 is 2.69 bits per heavy atom. The van der Waals surface area contributed by atoms with Crippen LogP contribution in [-0.4, -0.2) is 20.2 Å². The van der Waals surface area contributed by atoms with E-state index in [2.05, 4.69) is 25.5 Å². The van der Waals surface area contributed by atoms with Gasteiger partial charge in [0, 0.05) is 24.1 Å². The van der Waals surface area contributed by atoms with Crippen LogP contribution < -0.4 is 10.1 Å². The number of aryl methyl sites for hydroxylation is 1. The van der Waals surface area contributed by atoms with Crippen molar-refractivity contribution in [3.8, 4) is 17.6 Å². The van der Waals surface area contributed by atoms with Crippen LogP contribution in [0.2, 0.25) is 0 Å². The molecule has 126 valence electrons. The van der Waals surface area contributed by atoms with Crippen molar-refractivity contribution in [1.82, 2.24) is 20.2 Å². The maximum absolute atomic E-state index is 9.00. The van der Waals surface area contributed by atoms with Gasteiger partial charge in [0.05, 0.1) is 0 Å². The number of nitriles is 1. The Morgan fingerprint density at radius 2 is 1.88 bits per heavy atom. The van der Waals surface area contributed by atoms with Crippen LogP contribution in [0.15, 0.2) is 54.9 Å². The van der Waals surface area contributed by atoms with Gasteiger partial charge in [-0.25, -0.2) is 9.97 Å². The molecule has 0 amide bonds. The monoisotopic (exact) mass is 342 g/mol. The van der Waals surface area contributed by atoms with Crippen LogP contribution in [0, 0.1) is 18.3 Å². The van der Waals surface area contributed by atoms with Crippen molar-refractivity contribution < 1.29 is 4.74 Å². The minimum absolute atomic E-state index is 0.323. The van der Waals surface area contributed by atoms with E-state index in [0.29, 0.717) is 28.6 Å². The lowest BCUT2D eigenvalue weighted by atomic mass is 10.2. The molecular formula is C19H14N6O. The van der Waals surface area contributed by atoms with E-state index in [1.165, 1.54) is 0 Å². The van der Waals surface area contributed by atoms with E-state index in [-0.39, 0.29) is 0 Å².